The van der Waals surface area contributed by atoms with Crippen LogP contribution in [0.25, 0.3) is 5.83 Å². The van der Waals surface area contributed by atoms with Gasteiger partial charge in [0, 0.05) is 6.54 Å². The normalized spacial score (nSPS) is 14.6. The summed E-state index contributed by atoms with van der Waals surface area (Å²) in [6.45, 7) is -0.839. The number of anilines is 2. The molecule has 3 aromatic carbocycles. The molecule has 11 heteroatoms. The number of halogens is 10. The quantitative estimate of drug-likeness (QED) is 0.277. The number of hydrogen-bond donors (Lipinski definition) is 0. The minimum atomic E-state index is -5.02. The Morgan fingerprint density at radius 2 is 1.24 bits per heavy atom. The molecule has 3 aromatic rings. The standard InChI is InChI=1S/C22H9F10N/c23-10-6-7-11(24)19(14(10)25)33(8-9-4-2-1-3-5-9)20-15(26)12-13(17(28)18(20)29)22(31,32)21(30)16(12)27/h1-7H,8H2. The van der Waals surface area contributed by atoms with E-state index < -0.39 is 81.5 Å². The van der Waals surface area contributed by atoms with Crippen molar-refractivity contribution in [1.29, 1.82) is 0 Å². The van der Waals surface area contributed by atoms with Crippen LogP contribution >= 0.6 is 0 Å². The zero-order valence-electron chi connectivity index (χ0n) is 16.0. The van der Waals surface area contributed by atoms with E-state index in [-0.39, 0.29) is 10.5 Å². The summed E-state index contributed by atoms with van der Waals surface area (Å²) < 4.78 is 143. The maximum absolute atomic E-state index is 15.2. The van der Waals surface area contributed by atoms with Gasteiger partial charge in [0.15, 0.2) is 34.9 Å². The van der Waals surface area contributed by atoms with Gasteiger partial charge in [0.2, 0.25) is 5.83 Å². The molecule has 0 radical (unpaired) electrons. The van der Waals surface area contributed by atoms with E-state index in [1.54, 1.807) is 0 Å². The number of hydrogen-bond acceptors (Lipinski definition) is 1. The van der Waals surface area contributed by atoms with E-state index in [0.717, 1.165) is 0 Å². The van der Waals surface area contributed by atoms with Gasteiger partial charge in [-0.3, -0.25) is 0 Å². The Balaban J connectivity index is 2.07. The lowest BCUT2D eigenvalue weighted by molar-refractivity contribution is 0.0139. The van der Waals surface area contributed by atoms with Crippen molar-refractivity contribution in [2.45, 2.75) is 12.5 Å². The van der Waals surface area contributed by atoms with Gasteiger partial charge in [-0.05, 0) is 17.7 Å². The van der Waals surface area contributed by atoms with Crippen molar-refractivity contribution in [2.24, 2.45) is 0 Å². The third kappa shape index (κ3) is 3.33. The maximum atomic E-state index is 15.2. The van der Waals surface area contributed by atoms with Crippen LogP contribution in [0.2, 0.25) is 0 Å². The number of benzene rings is 3. The first kappa shape index (κ1) is 22.7. The molecule has 0 bridgehead atoms. The molecule has 0 aromatic heterocycles. The molecule has 0 N–H and O–H groups in total. The van der Waals surface area contributed by atoms with Crippen LogP contribution in [-0.4, -0.2) is 0 Å². The molecule has 1 aliphatic rings. The van der Waals surface area contributed by atoms with Crippen LogP contribution < -0.4 is 4.90 Å². The fraction of sp³-hybridized carbons (Fsp3) is 0.0909. The summed E-state index contributed by atoms with van der Waals surface area (Å²) in [7, 11) is 0. The van der Waals surface area contributed by atoms with E-state index in [4.69, 9.17) is 0 Å². The molecule has 0 fully saturated rings. The zero-order chi connectivity index (χ0) is 24.2. The van der Waals surface area contributed by atoms with E-state index in [1.807, 2.05) is 0 Å². The third-order valence-corrected chi connectivity index (χ3v) is 5.04. The van der Waals surface area contributed by atoms with E-state index >= 15 is 4.39 Å². The van der Waals surface area contributed by atoms with Crippen LogP contribution in [-0.2, 0) is 12.5 Å². The van der Waals surface area contributed by atoms with E-state index in [0.29, 0.717) is 12.1 Å². The first-order valence-corrected chi connectivity index (χ1v) is 9.08. The highest BCUT2D eigenvalue weighted by molar-refractivity contribution is 5.79. The van der Waals surface area contributed by atoms with Crippen LogP contribution in [0.3, 0.4) is 0 Å². The van der Waals surface area contributed by atoms with Gasteiger partial charge in [-0.1, -0.05) is 30.3 Å². The van der Waals surface area contributed by atoms with Crippen LogP contribution in [0.5, 0.6) is 0 Å². The van der Waals surface area contributed by atoms with Crippen molar-refractivity contribution in [3.8, 4) is 0 Å². The van der Waals surface area contributed by atoms with Crippen molar-refractivity contribution in [1.82, 2.24) is 0 Å². The van der Waals surface area contributed by atoms with Gasteiger partial charge in [-0.2, -0.15) is 8.78 Å². The lowest BCUT2D eigenvalue weighted by Crippen LogP contribution is -2.25. The lowest BCUT2D eigenvalue weighted by Gasteiger charge is -2.28. The fourth-order valence-electron chi connectivity index (χ4n) is 3.54. The van der Waals surface area contributed by atoms with Crippen molar-refractivity contribution >= 4 is 17.2 Å². The Bertz CT molecular complexity index is 1300. The maximum Gasteiger partial charge on any atom is 0.330 e. The van der Waals surface area contributed by atoms with E-state index in [2.05, 4.69) is 0 Å². The predicted molar refractivity (Wildman–Crippen MR) is 97.9 cm³/mol. The summed E-state index contributed by atoms with van der Waals surface area (Å²) in [5.41, 5.74) is -7.21. The molecule has 0 saturated carbocycles. The summed E-state index contributed by atoms with van der Waals surface area (Å²) in [6.07, 6.45) is 0. The first-order chi connectivity index (χ1) is 15.5. The molecule has 0 aliphatic heterocycles. The van der Waals surface area contributed by atoms with Gasteiger partial charge < -0.3 is 4.90 Å². The molecule has 4 rings (SSSR count). The Morgan fingerprint density at radius 3 is 1.88 bits per heavy atom. The van der Waals surface area contributed by atoms with Crippen LogP contribution in [0.15, 0.2) is 48.3 Å². The number of rotatable bonds is 4. The number of fused-ring (bicyclic) bond motifs is 1. The second-order valence-electron chi connectivity index (χ2n) is 7.01. The number of nitrogens with zero attached hydrogens (tertiary/aromatic N) is 1. The van der Waals surface area contributed by atoms with Crippen molar-refractivity contribution in [2.75, 3.05) is 4.90 Å². The highest BCUT2D eigenvalue weighted by Crippen LogP contribution is 2.54. The Kier molecular flexibility index (Phi) is 5.38. The molecule has 0 spiro atoms. The van der Waals surface area contributed by atoms with Gasteiger partial charge in [0.05, 0.1) is 11.1 Å². The molecular formula is C22H9F10N. The van der Waals surface area contributed by atoms with Gasteiger partial charge in [-0.25, -0.2) is 35.1 Å². The van der Waals surface area contributed by atoms with Crippen LogP contribution in [0, 0.1) is 34.9 Å². The molecule has 0 unspecified atom stereocenters. The van der Waals surface area contributed by atoms with Crippen molar-refractivity contribution < 1.29 is 43.9 Å². The fourth-order valence-corrected chi connectivity index (χ4v) is 3.54. The largest absolute Gasteiger partial charge is 0.330 e. The molecule has 33 heavy (non-hydrogen) atoms. The molecule has 0 amide bonds. The predicted octanol–water partition coefficient (Wildman–Crippen LogP) is 7.57. The minimum absolute atomic E-state index is 0.0821. The summed E-state index contributed by atoms with van der Waals surface area (Å²) in [5, 5.41) is 0. The Labute approximate surface area is 179 Å². The topological polar surface area (TPSA) is 3.24 Å². The molecule has 172 valence electrons. The molecule has 0 saturated heterocycles. The summed E-state index contributed by atoms with van der Waals surface area (Å²) in [5.74, 6) is -22.8. The van der Waals surface area contributed by atoms with Crippen molar-refractivity contribution in [3.05, 3.63) is 99.9 Å². The van der Waals surface area contributed by atoms with E-state index in [1.165, 1.54) is 30.3 Å². The van der Waals surface area contributed by atoms with Crippen LogP contribution in [0.1, 0.15) is 16.7 Å². The smallest absolute Gasteiger partial charge is 0.327 e. The molecular weight excluding hydrogens is 468 g/mol. The molecule has 0 heterocycles. The van der Waals surface area contributed by atoms with E-state index in [9.17, 15) is 39.5 Å². The number of allylic oxidation sites excluding steroid dienone is 1. The molecule has 1 aliphatic carbocycles. The zero-order valence-corrected chi connectivity index (χ0v) is 16.0. The monoisotopic (exact) mass is 477 g/mol. The van der Waals surface area contributed by atoms with Gasteiger partial charge in [0.25, 0.3) is 0 Å². The average molecular weight is 477 g/mol. The Morgan fingerprint density at radius 1 is 0.636 bits per heavy atom. The molecule has 0 atom stereocenters. The van der Waals surface area contributed by atoms with Gasteiger partial charge in [-0.15, -0.1) is 0 Å². The average Bonchev–Trinajstić information content (AvgIpc) is 2.96. The summed E-state index contributed by atoms with van der Waals surface area (Å²) >= 11 is 0. The Hall–Kier alpha value is -3.50. The summed E-state index contributed by atoms with van der Waals surface area (Å²) in [4.78, 5) is 0.0821. The SMILES string of the molecule is FC1=C(F)C(F)(F)c2c(F)c(F)c(N(Cc3ccccc3)c3c(F)ccc(F)c3F)c(F)c21. The highest BCUT2D eigenvalue weighted by atomic mass is 19.3. The lowest BCUT2D eigenvalue weighted by atomic mass is 10.0. The van der Waals surface area contributed by atoms with Crippen LogP contribution in [0.4, 0.5) is 55.3 Å². The second-order valence-corrected chi connectivity index (χ2v) is 7.01. The summed E-state index contributed by atoms with van der Waals surface area (Å²) in [6, 6.07) is 7.74. The second kappa shape index (κ2) is 7.82. The molecule has 1 nitrogen and oxygen atoms in total. The number of alkyl halides is 2. The van der Waals surface area contributed by atoms with Crippen molar-refractivity contribution in [3.63, 3.8) is 0 Å². The van der Waals surface area contributed by atoms with Gasteiger partial charge >= 0.3 is 5.92 Å². The van der Waals surface area contributed by atoms with Gasteiger partial charge in [0.1, 0.15) is 17.2 Å². The highest BCUT2D eigenvalue weighted by Gasteiger charge is 2.54. The minimum Gasteiger partial charge on any atom is -0.327 e. The first-order valence-electron chi connectivity index (χ1n) is 9.08. The third-order valence-electron chi connectivity index (χ3n) is 5.04.